The summed E-state index contributed by atoms with van der Waals surface area (Å²) in [6, 6.07) is -0.0134. The molecule has 1 aromatic heterocycles. The summed E-state index contributed by atoms with van der Waals surface area (Å²) in [6.07, 6.45) is 5.07. The lowest BCUT2D eigenvalue weighted by Crippen LogP contribution is -2.38. The van der Waals surface area contributed by atoms with Crippen molar-refractivity contribution >= 4 is 10.0 Å². The Bertz CT molecular complexity index is 435. The molecular formula is C10H17N3O2S. The average Bonchev–Trinajstić information content (AvgIpc) is 2.84. The molecule has 90 valence electrons. The maximum Gasteiger partial charge on any atom is 0.246 e. The molecular weight excluding hydrogens is 226 g/mol. The zero-order valence-corrected chi connectivity index (χ0v) is 10.4. The molecule has 5 nitrogen and oxygen atoms in total. The molecule has 1 aromatic rings. The SMILES string of the molecule is CC(C)N(CC1CC1)S(=O)(=O)c1cn[nH]c1. The number of hydrogen-bond acceptors (Lipinski definition) is 3. The summed E-state index contributed by atoms with van der Waals surface area (Å²) in [5.74, 6) is 0.545. The van der Waals surface area contributed by atoms with Gasteiger partial charge in [0.1, 0.15) is 4.90 Å². The Kier molecular flexibility index (Phi) is 3.03. The van der Waals surface area contributed by atoms with E-state index in [1.807, 2.05) is 13.8 Å². The van der Waals surface area contributed by atoms with Crippen molar-refractivity contribution in [1.29, 1.82) is 0 Å². The van der Waals surface area contributed by atoms with Gasteiger partial charge in [0.25, 0.3) is 0 Å². The van der Waals surface area contributed by atoms with Gasteiger partial charge in [0.05, 0.1) is 6.20 Å². The van der Waals surface area contributed by atoms with Gasteiger partial charge in [0.15, 0.2) is 0 Å². The predicted octanol–water partition coefficient (Wildman–Crippen LogP) is 1.22. The van der Waals surface area contributed by atoms with Crippen LogP contribution in [0.15, 0.2) is 17.3 Å². The molecule has 1 aliphatic carbocycles. The first kappa shape index (κ1) is 11.6. The van der Waals surface area contributed by atoms with Gasteiger partial charge in [0.2, 0.25) is 10.0 Å². The Labute approximate surface area is 95.9 Å². The Morgan fingerprint density at radius 3 is 2.69 bits per heavy atom. The highest BCUT2D eigenvalue weighted by atomic mass is 32.2. The topological polar surface area (TPSA) is 66.1 Å². The molecule has 6 heteroatoms. The minimum Gasteiger partial charge on any atom is -0.284 e. The Balaban J connectivity index is 2.24. The summed E-state index contributed by atoms with van der Waals surface area (Å²) < 4.78 is 26.1. The molecule has 0 aliphatic heterocycles. The van der Waals surface area contributed by atoms with Crippen molar-refractivity contribution in [1.82, 2.24) is 14.5 Å². The second-order valence-electron chi connectivity index (χ2n) is 4.55. The zero-order valence-electron chi connectivity index (χ0n) is 9.55. The van der Waals surface area contributed by atoms with E-state index in [9.17, 15) is 8.42 Å². The minimum atomic E-state index is -3.37. The van der Waals surface area contributed by atoms with Crippen LogP contribution in [0.2, 0.25) is 0 Å². The number of hydrogen-bond donors (Lipinski definition) is 1. The number of aromatic amines is 1. The van der Waals surface area contributed by atoms with Gasteiger partial charge in [-0.3, -0.25) is 5.10 Å². The van der Waals surface area contributed by atoms with Gasteiger partial charge in [-0.1, -0.05) is 0 Å². The van der Waals surface area contributed by atoms with Crippen LogP contribution in [0.25, 0.3) is 0 Å². The van der Waals surface area contributed by atoms with Crippen LogP contribution in [-0.4, -0.2) is 35.5 Å². The standard InChI is InChI=1S/C10H17N3O2S/c1-8(2)13(7-9-3-4-9)16(14,15)10-5-11-12-6-10/h5-6,8-9H,3-4,7H2,1-2H3,(H,11,12). The number of H-pyrrole nitrogens is 1. The zero-order chi connectivity index (χ0) is 11.8. The third-order valence-corrected chi connectivity index (χ3v) is 4.80. The van der Waals surface area contributed by atoms with E-state index in [2.05, 4.69) is 10.2 Å². The van der Waals surface area contributed by atoms with Crippen LogP contribution in [0.1, 0.15) is 26.7 Å². The number of rotatable bonds is 5. The van der Waals surface area contributed by atoms with Gasteiger partial charge in [-0.05, 0) is 32.6 Å². The van der Waals surface area contributed by atoms with E-state index in [0.29, 0.717) is 12.5 Å². The Morgan fingerprint density at radius 1 is 1.56 bits per heavy atom. The van der Waals surface area contributed by atoms with Gasteiger partial charge < -0.3 is 0 Å². The van der Waals surface area contributed by atoms with E-state index < -0.39 is 10.0 Å². The largest absolute Gasteiger partial charge is 0.284 e. The fourth-order valence-electron chi connectivity index (χ4n) is 1.66. The van der Waals surface area contributed by atoms with Gasteiger partial charge in [-0.15, -0.1) is 0 Å². The van der Waals surface area contributed by atoms with Crippen LogP contribution in [0, 0.1) is 5.92 Å². The summed E-state index contributed by atoms with van der Waals surface area (Å²) in [5.41, 5.74) is 0. The molecule has 1 N–H and O–H groups in total. The van der Waals surface area contributed by atoms with E-state index in [1.165, 1.54) is 12.4 Å². The average molecular weight is 243 g/mol. The molecule has 0 amide bonds. The third kappa shape index (κ3) is 2.27. The van der Waals surface area contributed by atoms with E-state index in [0.717, 1.165) is 12.8 Å². The third-order valence-electron chi connectivity index (χ3n) is 2.79. The number of sulfonamides is 1. The monoisotopic (exact) mass is 243 g/mol. The van der Waals surface area contributed by atoms with E-state index in [1.54, 1.807) is 4.31 Å². The van der Waals surface area contributed by atoms with Crippen molar-refractivity contribution in [2.24, 2.45) is 5.92 Å². The first-order chi connectivity index (χ1) is 7.51. The molecule has 1 fully saturated rings. The normalized spacial score (nSPS) is 17.2. The summed E-state index contributed by atoms with van der Waals surface area (Å²) in [5, 5.41) is 6.24. The molecule has 0 spiro atoms. The van der Waals surface area contributed by atoms with Crippen molar-refractivity contribution < 1.29 is 8.42 Å². The van der Waals surface area contributed by atoms with E-state index >= 15 is 0 Å². The molecule has 1 heterocycles. The highest BCUT2D eigenvalue weighted by Crippen LogP contribution is 2.32. The van der Waals surface area contributed by atoms with Crippen molar-refractivity contribution in [2.45, 2.75) is 37.6 Å². The van der Waals surface area contributed by atoms with Gasteiger partial charge in [0, 0.05) is 18.8 Å². The fourth-order valence-corrected chi connectivity index (χ4v) is 3.28. The van der Waals surface area contributed by atoms with Gasteiger partial charge >= 0.3 is 0 Å². The van der Waals surface area contributed by atoms with Crippen molar-refractivity contribution in [2.75, 3.05) is 6.54 Å². The number of nitrogens with one attached hydrogen (secondary N) is 1. The number of aromatic nitrogens is 2. The maximum atomic E-state index is 12.3. The van der Waals surface area contributed by atoms with Gasteiger partial charge in [-0.2, -0.15) is 9.40 Å². The molecule has 0 bridgehead atoms. The predicted molar refractivity (Wildman–Crippen MR) is 60.3 cm³/mol. The number of nitrogens with zero attached hydrogens (tertiary/aromatic N) is 2. The fraction of sp³-hybridized carbons (Fsp3) is 0.700. The van der Waals surface area contributed by atoms with Crippen LogP contribution >= 0.6 is 0 Å². The van der Waals surface area contributed by atoms with E-state index in [4.69, 9.17) is 0 Å². The smallest absolute Gasteiger partial charge is 0.246 e. The Morgan fingerprint density at radius 2 is 2.25 bits per heavy atom. The van der Waals surface area contributed by atoms with Crippen LogP contribution in [-0.2, 0) is 10.0 Å². The van der Waals surface area contributed by atoms with Gasteiger partial charge in [-0.25, -0.2) is 8.42 Å². The molecule has 1 aliphatic rings. The summed E-state index contributed by atoms with van der Waals surface area (Å²) in [6.45, 7) is 4.44. The molecule has 0 unspecified atom stereocenters. The quantitative estimate of drug-likeness (QED) is 0.845. The lowest BCUT2D eigenvalue weighted by molar-refractivity contribution is 0.342. The first-order valence-electron chi connectivity index (χ1n) is 5.52. The molecule has 0 radical (unpaired) electrons. The molecule has 0 saturated heterocycles. The van der Waals surface area contributed by atoms with Crippen molar-refractivity contribution in [3.05, 3.63) is 12.4 Å². The first-order valence-corrected chi connectivity index (χ1v) is 6.96. The van der Waals surface area contributed by atoms with Crippen LogP contribution < -0.4 is 0 Å². The Hall–Kier alpha value is -0.880. The minimum absolute atomic E-state index is 0.0134. The van der Waals surface area contributed by atoms with Crippen LogP contribution in [0.5, 0.6) is 0 Å². The molecule has 16 heavy (non-hydrogen) atoms. The summed E-state index contributed by atoms with van der Waals surface area (Å²) >= 11 is 0. The molecule has 0 aromatic carbocycles. The van der Waals surface area contributed by atoms with Crippen molar-refractivity contribution in [3.8, 4) is 0 Å². The lowest BCUT2D eigenvalue weighted by Gasteiger charge is -2.25. The summed E-state index contributed by atoms with van der Waals surface area (Å²) in [4.78, 5) is 0.252. The van der Waals surface area contributed by atoms with Crippen LogP contribution in [0.4, 0.5) is 0 Å². The lowest BCUT2D eigenvalue weighted by atomic mass is 10.3. The summed E-state index contributed by atoms with van der Waals surface area (Å²) in [7, 11) is -3.37. The second-order valence-corrected chi connectivity index (χ2v) is 6.44. The molecule has 2 rings (SSSR count). The second kappa shape index (κ2) is 4.18. The highest BCUT2D eigenvalue weighted by Gasteiger charge is 2.33. The van der Waals surface area contributed by atoms with Crippen LogP contribution in [0.3, 0.4) is 0 Å². The highest BCUT2D eigenvalue weighted by molar-refractivity contribution is 7.89. The molecule has 1 saturated carbocycles. The molecule has 0 atom stereocenters. The van der Waals surface area contributed by atoms with E-state index in [-0.39, 0.29) is 10.9 Å². The maximum absolute atomic E-state index is 12.3. The van der Waals surface area contributed by atoms with Crippen molar-refractivity contribution in [3.63, 3.8) is 0 Å².